The number of nitrogens with one attached hydrogen (secondary N) is 3. The van der Waals surface area contributed by atoms with E-state index in [9.17, 15) is 33.6 Å². The molecule has 1 aromatic rings. The zero-order chi connectivity index (χ0) is 52.8. The Morgan fingerprint density at radius 3 is 2.03 bits per heavy atom. The van der Waals surface area contributed by atoms with E-state index in [4.69, 9.17) is 40.6 Å². The number of likely N-dealkylation sites (tertiary alicyclic amines) is 1. The van der Waals surface area contributed by atoms with Crippen molar-refractivity contribution < 1.29 is 62.0 Å². The van der Waals surface area contributed by atoms with Crippen LogP contribution in [-0.2, 0) is 68.4 Å². The van der Waals surface area contributed by atoms with E-state index in [0.717, 1.165) is 16.9 Å². The number of ether oxygens (including phenoxy) is 6. The first-order chi connectivity index (χ1) is 33.7. The molecule has 398 valence electrons. The summed E-state index contributed by atoms with van der Waals surface area (Å²) in [4.78, 5) is 96.5. The molecule has 0 bridgehead atoms. The molecule has 0 spiro atoms. The number of imide groups is 1. The number of esters is 1. The van der Waals surface area contributed by atoms with Crippen LogP contribution >= 0.6 is 12.2 Å². The van der Waals surface area contributed by atoms with Crippen LogP contribution < -0.4 is 16.0 Å². The molecule has 0 aromatic heterocycles. The van der Waals surface area contributed by atoms with Gasteiger partial charge in [0.05, 0.1) is 89.0 Å². The number of likely N-dealkylation sites (N-methyl/N-ethyl adjacent to an activating group) is 1. The number of hydrogen-bond donors (Lipinski definition) is 3. The number of methoxy groups -OCH3 is 3. The molecule has 1 fully saturated rings. The fraction of sp³-hybridized carbons (Fsp3) is 0.686. The van der Waals surface area contributed by atoms with E-state index in [2.05, 4.69) is 16.0 Å². The normalized spacial score (nSPS) is 17.8. The molecule has 3 N–H and O–H groups in total. The van der Waals surface area contributed by atoms with Gasteiger partial charge < -0.3 is 54.2 Å². The summed E-state index contributed by atoms with van der Waals surface area (Å²) in [5.74, 6) is -3.49. The minimum absolute atomic E-state index is 0.0216. The molecule has 6 amide bonds. The monoisotopic (exact) mass is 1020 g/mol. The largest absolute Gasteiger partial charge is 0.467 e. The van der Waals surface area contributed by atoms with Crippen molar-refractivity contribution in [3.8, 4) is 0 Å². The van der Waals surface area contributed by atoms with Gasteiger partial charge in [-0.2, -0.15) is 0 Å². The van der Waals surface area contributed by atoms with Crippen molar-refractivity contribution >= 4 is 58.6 Å². The number of carbonyl (C=O) groups excluding carboxylic acids is 7. The fourth-order valence-corrected chi connectivity index (χ4v) is 9.11. The van der Waals surface area contributed by atoms with Crippen LogP contribution in [0.1, 0.15) is 86.1 Å². The highest BCUT2D eigenvalue weighted by molar-refractivity contribution is 7.80. The molecule has 8 atom stereocenters. The summed E-state index contributed by atoms with van der Waals surface area (Å²) in [7, 11) is 6.13. The number of carbonyl (C=O) groups is 7. The van der Waals surface area contributed by atoms with Crippen LogP contribution in [0.15, 0.2) is 42.5 Å². The smallest absolute Gasteiger partial charge is 0.328 e. The van der Waals surface area contributed by atoms with Gasteiger partial charge in [0.2, 0.25) is 23.6 Å². The highest BCUT2D eigenvalue weighted by Crippen LogP contribution is 2.30. The van der Waals surface area contributed by atoms with Crippen molar-refractivity contribution in [2.24, 2.45) is 17.8 Å². The molecular formula is C51H80N6O13S. The quantitative estimate of drug-likeness (QED) is 0.0409. The van der Waals surface area contributed by atoms with Gasteiger partial charge in [0.25, 0.3) is 11.8 Å². The van der Waals surface area contributed by atoms with E-state index in [1.54, 1.807) is 32.9 Å². The molecule has 0 aliphatic carbocycles. The van der Waals surface area contributed by atoms with Crippen LogP contribution in [0.3, 0.4) is 0 Å². The second kappa shape index (κ2) is 30.2. The summed E-state index contributed by atoms with van der Waals surface area (Å²) in [6, 6.07) is 7.01. The summed E-state index contributed by atoms with van der Waals surface area (Å²) in [5.41, 5.74) is -0.443. The van der Waals surface area contributed by atoms with Crippen LogP contribution in [0.4, 0.5) is 0 Å². The third-order valence-electron chi connectivity index (χ3n) is 13.2. The van der Waals surface area contributed by atoms with Crippen LogP contribution in [0.25, 0.3) is 0 Å². The Balaban J connectivity index is 1.56. The maximum atomic E-state index is 14.5. The highest BCUT2D eigenvalue weighted by atomic mass is 32.1. The summed E-state index contributed by atoms with van der Waals surface area (Å²) in [6.45, 7) is 14.6. The van der Waals surface area contributed by atoms with Gasteiger partial charge in [0.15, 0.2) is 0 Å². The van der Waals surface area contributed by atoms with E-state index in [0.29, 0.717) is 30.8 Å². The zero-order valence-corrected chi connectivity index (χ0v) is 44.5. The number of amides is 6. The summed E-state index contributed by atoms with van der Waals surface area (Å²) >= 11 is 5.87. The first kappa shape index (κ1) is 60.4. The predicted molar refractivity (Wildman–Crippen MR) is 270 cm³/mol. The molecule has 20 heteroatoms. The molecule has 1 aromatic carbocycles. The molecule has 2 heterocycles. The molecule has 1 saturated heterocycles. The minimum Gasteiger partial charge on any atom is -0.467 e. The number of nitrogens with zero attached hydrogens (tertiary/aromatic N) is 3. The average molecular weight is 1020 g/mol. The van der Waals surface area contributed by atoms with Crippen molar-refractivity contribution in [1.29, 1.82) is 0 Å². The second-order valence-electron chi connectivity index (χ2n) is 19.0. The van der Waals surface area contributed by atoms with Gasteiger partial charge in [-0.25, -0.2) is 4.79 Å². The lowest BCUT2D eigenvalue weighted by Crippen LogP contribution is -2.62. The SMILES string of the molecule is CCC(C)C(C(CC(=O)N1CCCC1C(OC)C(C)C(=S)NC(Cc1ccccc1)C(=O)OC)OC)N(C)C(=O)C(NC(=O)C(C)(C)NC(=O)CCOCCOCCOCCN1C(=O)C=CC1=O)C(C)C. The van der Waals surface area contributed by atoms with Gasteiger partial charge in [0.1, 0.15) is 17.6 Å². The molecule has 2 aliphatic rings. The van der Waals surface area contributed by atoms with E-state index in [-0.39, 0.29) is 106 Å². The lowest BCUT2D eigenvalue weighted by Gasteiger charge is -2.41. The maximum Gasteiger partial charge on any atom is 0.328 e. The van der Waals surface area contributed by atoms with Crippen LogP contribution in [-0.4, -0.2) is 184 Å². The predicted octanol–water partition coefficient (Wildman–Crippen LogP) is 3.01. The first-order valence-electron chi connectivity index (χ1n) is 24.6. The molecule has 19 nitrogen and oxygen atoms in total. The number of rotatable bonds is 32. The van der Waals surface area contributed by atoms with Gasteiger partial charge in [-0.1, -0.05) is 83.6 Å². The van der Waals surface area contributed by atoms with Crippen LogP contribution in [0, 0.1) is 17.8 Å². The van der Waals surface area contributed by atoms with E-state index >= 15 is 0 Å². The van der Waals surface area contributed by atoms with Crippen LogP contribution in [0.5, 0.6) is 0 Å². The van der Waals surface area contributed by atoms with Gasteiger partial charge in [-0.15, -0.1) is 0 Å². The van der Waals surface area contributed by atoms with Crippen molar-refractivity contribution in [2.75, 3.05) is 81.1 Å². The number of thiocarbonyl (C=S) groups is 1. The number of hydrogen-bond acceptors (Lipinski definition) is 14. The van der Waals surface area contributed by atoms with Crippen LogP contribution in [0.2, 0.25) is 0 Å². The fourth-order valence-electron chi connectivity index (χ4n) is 8.83. The third-order valence-corrected chi connectivity index (χ3v) is 13.6. The molecule has 0 saturated carbocycles. The van der Waals surface area contributed by atoms with Crippen molar-refractivity contribution in [3.63, 3.8) is 0 Å². The molecule has 71 heavy (non-hydrogen) atoms. The Kier molecular flexibility index (Phi) is 25.7. The summed E-state index contributed by atoms with van der Waals surface area (Å²) in [6.07, 6.45) is 3.67. The Morgan fingerprint density at radius 2 is 1.46 bits per heavy atom. The Morgan fingerprint density at radius 1 is 0.859 bits per heavy atom. The number of benzene rings is 1. The van der Waals surface area contributed by atoms with Crippen molar-refractivity contribution in [1.82, 2.24) is 30.7 Å². The topological polar surface area (TPSA) is 221 Å². The lowest BCUT2D eigenvalue weighted by atomic mass is 9.89. The zero-order valence-electron chi connectivity index (χ0n) is 43.7. The Labute approximate surface area is 425 Å². The van der Waals surface area contributed by atoms with Gasteiger partial charge in [-0.05, 0) is 44.1 Å². The first-order valence-corrected chi connectivity index (χ1v) is 25.1. The van der Waals surface area contributed by atoms with Gasteiger partial charge in [-0.3, -0.25) is 33.7 Å². The van der Waals surface area contributed by atoms with Gasteiger partial charge in [0, 0.05) is 58.7 Å². The van der Waals surface area contributed by atoms with E-state index in [1.807, 2.05) is 69.9 Å². The molecule has 3 rings (SSSR count). The van der Waals surface area contributed by atoms with Crippen molar-refractivity contribution in [2.45, 2.75) is 129 Å². The highest BCUT2D eigenvalue weighted by Gasteiger charge is 2.43. The van der Waals surface area contributed by atoms with Gasteiger partial charge >= 0.3 is 5.97 Å². The summed E-state index contributed by atoms with van der Waals surface area (Å²) in [5, 5.41) is 8.86. The summed E-state index contributed by atoms with van der Waals surface area (Å²) < 4.78 is 33.6. The van der Waals surface area contributed by atoms with E-state index in [1.165, 1.54) is 26.4 Å². The Hall–Kier alpha value is -4.86. The van der Waals surface area contributed by atoms with E-state index < -0.39 is 53.7 Å². The van der Waals surface area contributed by atoms with Crippen molar-refractivity contribution in [3.05, 3.63) is 48.0 Å². The maximum absolute atomic E-state index is 14.5. The Bertz CT molecular complexity index is 1940. The molecule has 2 aliphatic heterocycles. The minimum atomic E-state index is -1.38. The molecule has 0 radical (unpaired) electrons. The molecular weight excluding hydrogens is 937 g/mol. The third kappa shape index (κ3) is 18.3. The second-order valence-corrected chi connectivity index (χ2v) is 19.4. The average Bonchev–Trinajstić information content (AvgIpc) is 3.96. The molecule has 8 unspecified atom stereocenters. The standard InChI is InChI=1S/C51H80N6O13S/c1-12-34(4)45(39(65-9)32-43(61)56-23-16-19-38(56)46(66-10)35(5)47(71)52-37(49(63)67-11)31-36-17-14-13-15-18-36)55(8)48(62)44(33(2)3)53-50(64)51(6,7)54-40(58)22-25-68-27-29-70-30-28-69-26-24-57-41(59)20-21-42(57)60/h13-15,17-18,20-21,33-35,37-39,44-46H,12,16,19,22-32H2,1-11H3,(H,52,71)(H,53,64)(H,54,58). The lowest BCUT2D eigenvalue weighted by molar-refractivity contribution is -0.147.